The van der Waals surface area contributed by atoms with Crippen molar-refractivity contribution in [3.05, 3.63) is 0 Å². The molecule has 2 heterocycles. The van der Waals surface area contributed by atoms with E-state index in [1.54, 1.807) is 27.7 Å². The van der Waals surface area contributed by atoms with Crippen LogP contribution >= 0.6 is 0 Å². The highest BCUT2D eigenvalue weighted by atomic mass is 32.2. The molecule has 0 aromatic rings. The summed E-state index contributed by atoms with van der Waals surface area (Å²) in [5.41, 5.74) is -0.413. The Morgan fingerprint density at radius 2 is 1.44 bits per heavy atom. The van der Waals surface area contributed by atoms with Gasteiger partial charge in [0.05, 0.1) is 56.2 Å². The van der Waals surface area contributed by atoms with Crippen LogP contribution in [0, 0.1) is 11.3 Å². The van der Waals surface area contributed by atoms with E-state index in [1.807, 2.05) is 20.8 Å². The third kappa shape index (κ3) is 11.8. The minimum Gasteiger partial charge on any atom is -0.481 e. The Morgan fingerprint density at radius 1 is 0.944 bits per heavy atom. The van der Waals surface area contributed by atoms with E-state index in [9.17, 15) is 28.2 Å². The summed E-state index contributed by atoms with van der Waals surface area (Å²) >= 11 is 0. The maximum Gasteiger partial charge on any atom is 0.309 e. The van der Waals surface area contributed by atoms with Gasteiger partial charge in [-0.3, -0.25) is 13.8 Å². The fourth-order valence-electron chi connectivity index (χ4n) is 4.39. The number of carbonyl (C=O) groups is 2. The summed E-state index contributed by atoms with van der Waals surface area (Å²) in [4.78, 5) is 22.1. The molecule has 2 fully saturated rings. The number of aliphatic hydroxyl groups excluding tert-OH is 1. The van der Waals surface area contributed by atoms with Crippen LogP contribution in [0.15, 0.2) is 0 Å². The summed E-state index contributed by atoms with van der Waals surface area (Å²) in [5.74, 6) is -4.30. The number of rotatable bonds is 8. The molecule has 2 rings (SSSR count). The average molecular weight is 543 g/mol. The number of carboxylic acid groups (broad SMARTS) is 2. The van der Waals surface area contributed by atoms with Crippen LogP contribution in [0.2, 0.25) is 0 Å². The smallest absolute Gasteiger partial charge is 0.309 e. The van der Waals surface area contributed by atoms with Crippen molar-refractivity contribution in [1.82, 2.24) is 0 Å². The van der Waals surface area contributed by atoms with Crippen LogP contribution in [0.3, 0.4) is 0 Å². The van der Waals surface area contributed by atoms with E-state index in [1.165, 1.54) is 0 Å². The minimum atomic E-state index is -3.54. The van der Waals surface area contributed by atoms with E-state index < -0.39 is 63.3 Å². The molecule has 2 saturated heterocycles. The molecule has 0 aromatic carbocycles. The van der Waals surface area contributed by atoms with Gasteiger partial charge in [0.15, 0.2) is 11.6 Å². The van der Waals surface area contributed by atoms with Crippen LogP contribution in [0.25, 0.3) is 0 Å². The second-order valence-electron chi connectivity index (χ2n) is 11.1. The van der Waals surface area contributed by atoms with Crippen molar-refractivity contribution in [2.75, 3.05) is 19.5 Å². The Labute approximate surface area is 213 Å². The zero-order valence-electron chi connectivity index (χ0n) is 22.3. The molecule has 13 heteroatoms. The first-order chi connectivity index (χ1) is 16.1. The first-order valence-corrected chi connectivity index (χ1v) is 13.6. The molecule has 0 bridgehead atoms. The van der Waals surface area contributed by atoms with E-state index in [2.05, 4.69) is 4.18 Å². The molecule has 212 valence electrons. The van der Waals surface area contributed by atoms with Crippen LogP contribution in [-0.4, -0.2) is 91.1 Å². The monoisotopic (exact) mass is 542 g/mol. The van der Waals surface area contributed by atoms with Crippen LogP contribution in [0.1, 0.15) is 67.7 Å². The second-order valence-corrected chi connectivity index (χ2v) is 12.7. The molecule has 1 unspecified atom stereocenters. The van der Waals surface area contributed by atoms with E-state index >= 15 is 0 Å². The molecular formula is C23H42O12S. The van der Waals surface area contributed by atoms with Crippen LogP contribution in [-0.2, 0) is 42.8 Å². The molecule has 0 aromatic heterocycles. The predicted octanol–water partition coefficient (Wildman–Crippen LogP) is 1.98. The summed E-state index contributed by atoms with van der Waals surface area (Å²) in [6.07, 6.45) is -0.369. The fraction of sp³-hybridized carbons (Fsp3) is 0.913. The molecular weight excluding hydrogens is 500 g/mol. The lowest BCUT2D eigenvalue weighted by molar-refractivity contribution is -0.315. The number of aliphatic hydroxyl groups is 1. The molecule has 0 saturated carbocycles. The van der Waals surface area contributed by atoms with Gasteiger partial charge in [0, 0.05) is 12.8 Å². The zero-order chi connectivity index (χ0) is 28.1. The highest BCUT2D eigenvalue weighted by molar-refractivity contribution is 7.85. The van der Waals surface area contributed by atoms with Gasteiger partial charge in [0.1, 0.15) is 0 Å². The number of aliphatic carboxylic acids is 2. The predicted molar refractivity (Wildman–Crippen MR) is 128 cm³/mol. The molecule has 0 aliphatic carbocycles. The van der Waals surface area contributed by atoms with Crippen molar-refractivity contribution >= 4 is 22.1 Å². The summed E-state index contributed by atoms with van der Waals surface area (Å²) in [5, 5.41) is 27.4. The molecule has 12 nitrogen and oxygen atoms in total. The Morgan fingerprint density at radius 3 is 1.89 bits per heavy atom. The highest BCUT2D eigenvalue weighted by Gasteiger charge is 2.46. The molecule has 36 heavy (non-hydrogen) atoms. The van der Waals surface area contributed by atoms with Gasteiger partial charge in [-0.15, -0.1) is 0 Å². The Kier molecular flexibility index (Phi) is 11.3. The number of carboxylic acids is 2. The third-order valence-corrected chi connectivity index (χ3v) is 6.02. The lowest BCUT2D eigenvalue weighted by Gasteiger charge is -2.44. The SMILES string of the molecule is CC1(C)O[C@H](CO)C[C@H](C(C(=O)O)C(C)(C)C)O1.CC1(C)O[C@H](COS(C)(=O)=O)C[C@H](CC(=O)O)O1. The molecule has 0 radical (unpaired) electrons. The van der Waals surface area contributed by atoms with E-state index in [-0.39, 0.29) is 32.2 Å². The fourth-order valence-corrected chi connectivity index (χ4v) is 4.79. The van der Waals surface area contributed by atoms with Crippen molar-refractivity contribution in [2.45, 2.75) is 104 Å². The van der Waals surface area contributed by atoms with Gasteiger partial charge in [0.2, 0.25) is 0 Å². The van der Waals surface area contributed by atoms with Crippen molar-refractivity contribution < 1.29 is 56.5 Å². The Hall–Kier alpha value is -1.35. The standard InChI is InChI=1S/C13H24O5.C10H18O7S/c1-12(2,3)10(11(15)16)9-6-8(7-14)17-13(4,5)18-9;1-10(2)16-7(5-9(11)12)4-8(17-10)6-15-18(3,13)14/h8-10,14H,6-7H2,1-5H3,(H,15,16);7-8H,4-6H2,1-3H3,(H,11,12)/t8-,9+,10?;7-,8+/m01/s1. The van der Waals surface area contributed by atoms with Crippen molar-refractivity contribution in [1.29, 1.82) is 0 Å². The van der Waals surface area contributed by atoms with Crippen molar-refractivity contribution in [3.8, 4) is 0 Å². The van der Waals surface area contributed by atoms with Gasteiger partial charge in [-0.2, -0.15) is 8.42 Å². The van der Waals surface area contributed by atoms with Crippen LogP contribution in [0.4, 0.5) is 0 Å². The average Bonchev–Trinajstić information content (AvgIpc) is 2.61. The van der Waals surface area contributed by atoms with Crippen LogP contribution < -0.4 is 0 Å². The first kappa shape index (κ1) is 32.7. The van der Waals surface area contributed by atoms with E-state index in [0.29, 0.717) is 6.42 Å². The number of ether oxygens (including phenoxy) is 4. The summed E-state index contributed by atoms with van der Waals surface area (Å²) in [6, 6.07) is 0. The maximum atomic E-state index is 11.5. The van der Waals surface area contributed by atoms with Crippen molar-refractivity contribution in [3.63, 3.8) is 0 Å². The van der Waals surface area contributed by atoms with Gasteiger partial charge >= 0.3 is 11.9 Å². The van der Waals surface area contributed by atoms with E-state index in [0.717, 1.165) is 6.26 Å². The van der Waals surface area contributed by atoms with Gasteiger partial charge in [-0.1, -0.05) is 20.8 Å². The number of hydrogen-bond donors (Lipinski definition) is 3. The lowest BCUT2D eigenvalue weighted by Crippen LogP contribution is -2.52. The third-order valence-electron chi connectivity index (χ3n) is 5.45. The topological polar surface area (TPSA) is 175 Å². The largest absolute Gasteiger partial charge is 0.481 e. The Bertz CT molecular complexity index is 846. The first-order valence-electron chi connectivity index (χ1n) is 11.7. The Balaban J connectivity index is 0.000000360. The minimum absolute atomic E-state index is 0.125. The quantitative estimate of drug-likeness (QED) is 0.381. The van der Waals surface area contributed by atoms with Gasteiger partial charge in [-0.25, -0.2) is 0 Å². The molecule has 0 amide bonds. The highest BCUT2D eigenvalue weighted by Crippen LogP contribution is 2.38. The number of hydrogen-bond acceptors (Lipinski definition) is 10. The lowest BCUT2D eigenvalue weighted by atomic mass is 9.75. The normalized spacial score (nSPS) is 28.9. The molecule has 3 N–H and O–H groups in total. The zero-order valence-corrected chi connectivity index (χ0v) is 23.2. The van der Waals surface area contributed by atoms with Crippen LogP contribution in [0.5, 0.6) is 0 Å². The second kappa shape index (κ2) is 12.5. The molecule has 2 aliphatic rings. The van der Waals surface area contributed by atoms with E-state index in [4.69, 9.17) is 24.1 Å². The molecule has 2 aliphatic heterocycles. The summed E-state index contributed by atoms with van der Waals surface area (Å²) < 4.78 is 48.6. The van der Waals surface area contributed by atoms with Gasteiger partial charge < -0.3 is 34.3 Å². The van der Waals surface area contributed by atoms with Gasteiger partial charge in [0.25, 0.3) is 10.1 Å². The van der Waals surface area contributed by atoms with Crippen molar-refractivity contribution in [2.24, 2.45) is 11.3 Å². The molecule has 0 spiro atoms. The summed E-state index contributed by atoms with van der Waals surface area (Å²) in [7, 11) is -3.54. The maximum absolute atomic E-state index is 11.5. The molecule has 5 atom stereocenters. The summed E-state index contributed by atoms with van der Waals surface area (Å²) in [6.45, 7) is 12.2. The van der Waals surface area contributed by atoms with Gasteiger partial charge in [-0.05, 0) is 33.1 Å².